The molecule has 2 N–H and O–H groups in total. The topological polar surface area (TPSA) is 111 Å². The van der Waals surface area contributed by atoms with E-state index in [2.05, 4.69) is 9.97 Å². The minimum atomic E-state index is -4.39. The number of hydrogen-bond donors (Lipinski definition) is 1. The molecular weight excluding hydrogens is 523 g/mol. The lowest BCUT2D eigenvalue weighted by Crippen LogP contribution is -2.60. The Bertz CT molecular complexity index is 1290. The van der Waals surface area contributed by atoms with E-state index in [0.29, 0.717) is 31.0 Å². The normalized spacial score (nSPS) is 16.2. The molecule has 1 saturated heterocycles. The summed E-state index contributed by atoms with van der Waals surface area (Å²) in [7, 11) is 0. The molecule has 1 atom stereocenters. The number of hydrogen-bond acceptors (Lipinski definition) is 8. The molecule has 0 radical (unpaired) electrons. The van der Waals surface area contributed by atoms with E-state index in [1.165, 1.54) is 35.5 Å². The molecule has 1 fully saturated rings. The van der Waals surface area contributed by atoms with Gasteiger partial charge >= 0.3 is 5.51 Å². The zero-order valence-electron chi connectivity index (χ0n) is 20.5. The average Bonchev–Trinajstić information content (AvgIpc) is 2.87. The van der Waals surface area contributed by atoms with Gasteiger partial charge in [0.05, 0.1) is 12.1 Å². The van der Waals surface area contributed by atoms with E-state index >= 15 is 0 Å². The Balaban J connectivity index is 1.40. The molecule has 13 heteroatoms. The van der Waals surface area contributed by atoms with Crippen LogP contribution in [0.2, 0.25) is 0 Å². The van der Waals surface area contributed by atoms with Gasteiger partial charge in [-0.05, 0) is 60.6 Å². The van der Waals surface area contributed by atoms with Gasteiger partial charge in [0.25, 0.3) is 5.91 Å². The van der Waals surface area contributed by atoms with Gasteiger partial charge in [-0.25, -0.2) is 9.97 Å². The highest BCUT2D eigenvalue weighted by molar-refractivity contribution is 8.00. The Morgan fingerprint density at radius 3 is 2.63 bits per heavy atom. The predicted molar refractivity (Wildman–Crippen MR) is 135 cm³/mol. The lowest BCUT2D eigenvalue weighted by atomic mass is 10.1. The number of piperazine rings is 1. The third-order valence-corrected chi connectivity index (χ3v) is 6.65. The van der Waals surface area contributed by atoms with E-state index in [4.69, 9.17) is 15.2 Å². The van der Waals surface area contributed by atoms with Crippen molar-refractivity contribution in [2.75, 3.05) is 38.6 Å². The van der Waals surface area contributed by atoms with Gasteiger partial charge in [-0.1, -0.05) is 6.07 Å². The number of rotatable bonds is 9. The van der Waals surface area contributed by atoms with Crippen LogP contribution in [-0.4, -0.2) is 76.0 Å². The first kappa shape index (κ1) is 27.5. The number of nitrogens with zero attached hydrogens (tertiary/aromatic N) is 4. The maximum Gasteiger partial charge on any atom is 0.446 e. The fourth-order valence-electron chi connectivity index (χ4n) is 4.09. The van der Waals surface area contributed by atoms with Crippen LogP contribution in [-0.2, 0) is 20.9 Å². The maximum atomic E-state index is 13.4. The zero-order valence-corrected chi connectivity index (χ0v) is 21.3. The summed E-state index contributed by atoms with van der Waals surface area (Å²) in [5.41, 5.74) is 3.03. The summed E-state index contributed by atoms with van der Waals surface area (Å²) in [5, 5.41) is 0.723. The fraction of sp³-hybridized carbons (Fsp3) is 0.360. The number of carbonyl (C=O) groups excluding carboxylic acids is 2. The quantitative estimate of drug-likeness (QED) is 0.404. The van der Waals surface area contributed by atoms with E-state index in [0.717, 1.165) is 10.9 Å². The molecule has 9 nitrogen and oxygen atoms in total. The van der Waals surface area contributed by atoms with Crippen molar-refractivity contribution in [3.05, 3.63) is 54.4 Å². The van der Waals surface area contributed by atoms with Crippen LogP contribution in [0.25, 0.3) is 10.9 Å². The molecule has 0 spiro atoms. The first-order valence-corrected chi connectivity index (χ1v) is 12.6. The highest BCUT2D eigenvalue weighted by Gasteiger charge is 2.37. The predicted octanol–water partition coefficient (Wildman–Crippen LogP) is 3.48. The van der Waals surface area contributed by atoms with Crippen molar-refractivity contribution < 1.29 is 32.2 Å². The second-order valence-corrected chi connectivity index (χ2v) is 9.58. The Hall–Kier alpha value is -3.58. The number of benzene rings is 2. The van der Waals surface area contributed by atoms with E-state index in [9.17, 15) is 22.8 Å². The van der Waals surface area contributed by atoms with Crippen molar-refractivity contribution in [3.63, 3.8) is 0 Å². The number of amides is 2. The molecule has 4 rings (SSSR count). The third-order valence-electron chi connectivity index (χ3n) is 5.91. The number of halogens is 3. The molecule has 3 aromatic rings. The molecule has 1 aromatic heterocycles. The first-order chi connectivity index (χ1) is 18.1. The number of ether oxygens (including phenoxy) is 2. The van der Waals surface area contributed by atoms with Crippen LogP contribution in [0, 0.1) is 0 Å². The van der Waals surface area contributed by atoms with Gasteiger partial charge in [0.15, 0.2) is 6.61 Å². The molecule has 1 aliphatic heterocycles. The van der Waals surface area contributed by atoms with Crippen molar-refractivity contribution in [2.24, 2.45) is 0 Å². The molecule has 0 saturated carbocycles. The minimum Gasteiger partial charge on any atom is -0.484 e. The van der Waals surface area contributed by atoms with Gasteiger partial charge in [-0.15, -0.1) is 0 Å². The van der Waals surface area contributed by atoms with E-state index in [-0.39, 0.29) is 48.1 Å². The van der Waals surface area contributed by atoms with Gasteiger partial charge in [-0.3, -0.25) is 9.59 Å². The minimum absolute atomic E-state index is 0.0111. The number of thioether (sulfide) groups is 1. The van der Waals surface area contributed by atoms with Gasteiger partial charge in [0, 0.05) is 36.5 Å². The Morgan fingerprint density at radius 2 is 1.92 bits per heavy atom. The zero-order chi connectivity index (χ0) is 27.3. The van der Waals surface area contributed by atoms with Gasteiger partial charge < -0.3 is 25.0 Å². The van der Waals surface area contributed by atoms with E-state index < -0.39 is 17.5 Å². The highest BCUT2D eigenvalue weighted by Crippen LogP contribution is 2.37. The van der Waals surface area contributed by atoms with Gasteiger partial charge in [0.1, 0.15) is 23.9 Å². The smallest absolute Gasteiger partial charge is 0.446 e. The molecule has 202 valence electrons. The van der Waals surface area contributed by atoms with Crippen LogP contribution < -0.4 is 10.5 Å². The summed E-state index contributed by atoms with van der Waals surface area (Å²) < 4.78 is 48.5. The van der Waals surface area contributed by atoms with Crippen molar-refractivity contribution in [2.45, 2.75) is 29.9 Å². The van der Waals surface area contributed by atoms with Gasteiger partial charge in [-0.2, -0.15) is 13.2 Å². The van der Waals surface area contributed by atoms with E-state index in [1.807, 2.05) is 18.2 Å². The molecule has 2 heterocycles. The molecule has 0 aliphatic carbocycles. The van der Waals surface area contributed by atoms with Crippen LogP contribution >= 0.6 is 11.8 Å². The first-order valence-electron chi connectivity index (χ1n) is 11.8. The lowest BCUT2D eigenvalue weighted by Gasteiger charge is -2.40. The van der Waals surface area contributed by atoms with E-state index in [1.54, 1.807) is 11.8 Å². The number of aromatic nitrogens is 2. The number of anilines is 1. The number of nitrogen functional groups attached to an aromatic ring is 1. The van der Waals surface area contributed by atoms with Crippen molar-refractivity contribution >= 4 is 40.3 Å². The second-order valence-electron chi connectivity index (χ2n) is 8.44. The maximum absolute atomic E-state index is 13.4. The van der Waals surface area contributed by atoms with Crippen LogP contribution in [0.3, 0.4) is 0 Å². The number of alkyl halides is 3. The average molecular weight is 550 g/mol. The highest BCUT2D eigenvalue weighted by atomic mass is 32.2. The molecule has 2 amide bonds. The second kappa shape index (κ2) is 11.9. The standard InChI is InChI=1S/C25H26F3N5O4S/c1-2-36-13-21-24(35)32(12-16-3-8-19-20(11-16)30-15-31-23(19)29)9-10-33(21)22(34)14-37-17-4-6-18(7-5-17)38-25(26,27)28/h3-8,11,15,21H,2,9-10,12-14H2,1H3,(H2,29,30,31)/t21-/m1/s1. The van der Waals surface area contributed by atoms with Crippen LogP contribution in [0.1, 0.15) is 12.5 Å². The SMILES string of the molecule is CCOC[C@@H]1C(=O)N(Cc2ccc3c(N)ncnc3c2)CCN1C(=O)COc1ccc(SC(F)(F)F)cc1. The Morgan fingerprint density at radius 1 is 1.16 bits per heavy atom. The lowest BCUT2D eigenvalue weighted by molar-refractivity contribution is -0.155. The van der Waals surface area contributed by atoms with Crippen molar-refractivity contribution in [1.29, 1.82) is 0 Å². The van der Waals surface area contributed by atoms with Crippen LogP contribution in [0.15, 0.2) is 53.7 Å². The summed E-state index contributed by atoms with van der Waals surface area (Å²) in [6.07, 6.45) is 1.38. The molecule has 0 bridgehead atoms. The summed E-state index contributed by atoms with van der Waals surface area (Å²) in [4.78, 5) is 37.7. The third kappa shape index (κ3) is 6.84. The number of carbonyl (C=O) groups is 2. The number of nitrogens with two attached hydrogens (primary N) is 1. The molecule has 1 aliphatic rings. The van der Waals surface area contributed by atoms with Crippen molar-refractivity contribution in [3.8, 4) is 5.75 Å². The van der Waals surface area contributed by atoms with Gasteiger partial charge in [0.2, 0.25) is 5.91 Å². The fourth-order valence-corrected chi connectivity index (χ4v) is 4.63. The Labute approximate surface area is 221 Å². The summed E-state index contributed by atoms with van der Waals surface area (Å²) >= 11 is -0.232. The molecule has 0 unspecified atom stereocenters. The molecular formula is C25H26F3N5O4S. The summed E-state index contributed by atoms with van der Waals surface area (Å²) in [6.45, 7) is 2.73. The molecule has 2 aromatic carbocycles. The van der Waals surface area contributed by atoms with Crippen LogP contribution in [0.4, 0.5) is 19.0 Å². The largest absolute Gasteiger partial charge is 0.484 e. The Kier molecular flexibility index (Phi) is 8.57. The number of fused-ring (bicyclic) bond motifs is 1. The van der Waals surface area contributed by atoms with Crippen LogP contribution in [0.5, 0.6) is 5.75 Å². The summed E-state index contributed by atoms with van der Waals surface area (Å²) in [6, 6.07) is 9.96. The monoisotopic (exact) mass is 549 g/mol. The summed E-state index contributed by atoms with van der Waals surface area (Å²) in [5.74, 6) is -0.0555. The van der Waals surface area contributed by atoms with Crippen molar-refractivity contribution in [1.82, 2.24) is 19.8 Å². The molecule has 38 heavy (non-hydrogen) atoms.